The average Bonchev–Trinajstić information content (AvgIpc) is 2.81. The van der Waals surface area contributed by atoms with Gasteiger partial charge in [0.2, 0.25) is 0 Å². The highest BCUT2D eigenvalue weighted by Crippen LogP contribution is 2.29. The Morgan fingerprint density at radius 1 is 1.06 bits per heavy atom. The van der Waals surface area contributed by atoms with E-state index in [1.807, 2.05) is 38.1 Å². The molecule has 0 aliphatic carbocycles. The van der Waals surface area contributed by atoms with Gasteiger partial charge in [-0.05, 0) is 91.8 Å². The molecule has 2 N–H and O–H groups in total. The smallest absolute Gasteiger partial charge is 0.343 e. The standard InChI is InChI=1S/C25H25N3O4S/c1-4-31-23-15-18(16-26-28-25(33)27-20-7-5-6-17(2)14-20)8-13-22(23)32-24(29)19-9-11-21(30-3)12-10-19/h5-16H,4H2,1-3H3,(H2,27,28,33)/b26-16+. The number of rotatable bonds is 8. The molecular weight excluding hydrogens is 438 g/mol. The van der Waals surface area contributed by atoms with Gasteiger partial charge in [0.05, 0.1) is 25.5 Å². The van der Waals surface area contributed by atoms with E-state index >= 15 is 0 Å². The molecule has 0 bridgehead atoms. The summed E-state index contributed by atoms with van der Waals surface area (Å²) in [6, 6.07) is 19.7. The first kappa shape index (κ1) is 23.7. The summed E-state index contributed by atoms with van der Waals surface area (Å²) in [6.45, 7) is 4.27. The fraction of sp³-hybridized carbons (Fsp3) is 0.160. The van der Waals surface area contributed by atoms with Gasteiger partial charge < -0.3 is 19.5 Å². The van der Waals surface area contributed by atoms with Crippen LogP contribution in [0.5, 0.6) is 17.2 Å². The van der Waals surface area contributed by atoms with Crippen LogP contribution in [0.15, 0.2) is 71.8 Å². The number of aryl methyl sites for hydroxylation is 1. The molecule has 33 heavy (non-hydrogen) atoms. The SMILES string of the molecule is CCOc1cc(/C=N/NC(=S)Nc2cccc(C)c2)ccc1OC(=O)c1ccc(OC)cc1. The second-order valence-corrected chi connectivity index (χ2v) is 7.36. The van der Waals surface area contributed by atoms with Crippen molar-refractivity contribution >= 4 is 35.2 Å². The van der Waals surface area contributed by atoms with Gasteiger partial charge in [-0.2, -0.15) is 5.10 Å². The number of hydrogen-bond acceptors (Lipinski definition) is 6. The highest BCUT2D eigenvalue weighted by atomic mass is 32.1. The second-order valence-electron chi connectivity index (χ2n) is 6.95. The summed E-state index contributed by atoms with van der Waals surface area (Å²) < 4.78 is 16.3. The topological polar surface area (TPSA) is 81.2 Å². The van der Waals surface area contributed by atoms with Crippen LogP contribution in [0, 0.1) is 6.92 Å². The molecule has 3 rings (SSSR count). The molecule has 0 heterocycles. The molecule has 0 aliphatic rings. The summed E-state index contributed by atoms with van der Waals surface area (Å²) in [5.41, 5.74) is 5.94. The number of carbonyl (C=O) groups is 1. The molecule has 0 unspecified atom stereocenters. The third-order valence-corrected chi connectivity index (χ3v) is 4.64. The van der Waals surface area contributed by atoms with Crippen molar-refractivity contribution in [2.75, 3.05) is 19.0 Å². The minimum absolute atomic E-state index is 0.319. The van der Waals surface area contributed by atoms with Crippen LogP contribution >= 0.6 is 12.2 Å². The Morgan fingerprint density at radius 2 is 1.85 bits per heavy atom. The highest BCUT2D eigenvalue weighted by Gasteiger charge is 2.13. The molecule has 0 saturated carbocycles. The number of hydrazone groups is 1. The number of carbonyl (C=O) groups excluding carboxylic acids is 1. The molecule has 0 saturated heterocycles. The van der Waals surface area contributed by atoms with E-state index in [0.29, 0.717) is 34.5 Å². The number of nitrogens with zero attached hydrogens (tertiary/aromatic N) is 1. The van der Waals surface area contributed by atoms with Gasteiger partial charge in [-0.25, -0.2) is 4.79 Å². The lowest BCUT2D eigenvalue weighted by molar-refractivity contribution is 0.0728. The predicted molar refractivity (Wildman–Crippen MR) is 134 cm³/mol. The molecule has 0 atom stereocenters. The number of thiocarbonyl (C=S) groups is 1. The molecule has 0 fully saturated rings. The van der Waals surface area contributed by atoms with Crippen molar-refractivity contribution in [2.45, 2.75) is 13.8 Å². The quantitative estimate of drug-likeness (QED) is 0.161. The van der Waals surface area contributed by atoms with Gasteiger partial charge in [-0.1, -0.05) is 12.1 Å². The van der Waals surface area contributed by atoms with Crippen molar-refractivity contribution in [3.8, 4) is 17.2 Å². The third kappa shape index (κ3) is 7.05. The van der Waals surface area contributed by atoms with Crippen LogP contribution in [-0.2, 0) is 0 Å². The van der Waals surface area contributed by atoms with Crippen LogP contribution in [0.3, 0.4) is 0 Å². The molecule has 0 aliphatic heterocycles. The van der Waals surface area contributed by atoms with Gasteiger partial charge >= 0.3 is 5.97 Å². The summed E-state index contributed by atoms with van der Waals surface area (Å²) in [4.78, 5) is 12.5. The van der Waals surface area contributed by atoms with Crippen molar-refractivity contribution in [1.29, 1.82) is 0 Å². The Labute approximate surface area is 198 Å². The van der Waals surface area contributed by atoms with Crippen molar-refractivity contribution < 1.29 is 19.0 Å². The van der Waals surface area contributed by atoms with E-state index in [9.17, 15) is 4.79 Å². The van der Waals surface area contributed by atoms with E-state index in [1.165, 1.54) is 0 Å². The first-order valence-electron chi connectivity index (χ1n) is 10.3. The second kappa shape index (κ2) is 11.6. The number of methoxy groups -OCH3 is 1. The minimum Gasteiger partial charge on any atom is -0.497 e. The fourth-order valence-electron chi connectivity index (χ4n) is 2.89. The molecule has 0 spiro atoms. The van der Waals surface area contributed by atoms with E-state index in [2.05, 4.69) is 15.8 Å². The highest BCUT2D eigenvalue weighted by molar-refractivity contribution is 7.80. The maximum absolute atomic E-state index is 12.5. The lowest BCUT2D eigenvalue weighted by Gasteiger charge is -2.11. The summed E-state index contributed by atoms with van der Waals surface area (Å²) in [6.07, 6.45) is 1.60. The largest absolute Gasteiger partial charge is 0.497 e. The van der Waals surface area contributed by atoms with Crippen molar-refractivity contribution in [3.63, 3.8) is 0 Å². The summed E-state index contributed by atoms with van der Waals surface area (Å²) in [7, 11) is 1.57. The van der Waals surface area contributed by atoms with E-state index < -0.39 is 5.97 Å². The van der Waals surface area contributed by atoms with Crippen molar-refractivity contribution in [2.24, 2.45) is 5.10 Å². The van der Waals surface area contributed by atoms with Gasteiger partial charge in [0, 0.05) is 5.69 Å². The maximum Gasteiger partial charge on any atom is 0.343 e. The van der Waals surface area contributed by atoms with Gasteiger partial charge in [-0.15, -0.1) is 0 Å². The molecule has 170 valence electrons. The van der Waals surface area contributed by atoms with Crippen molar-refractivity contribution in [3.05, 3.63) is 83.4 Å². The maximum atomic E-state index is 12.5. The first-order valence-corrected chi connectivity index (χ1v) is 10.7. The molecule has 3 aromatic rings. The number of hydrogen-bond donors (Lipinski definition) is 2. The lowest BCUT2D eigenvalue weighted by atomic mass is 10.2. The Bertz CT molecular complexity index is 1150. The van der Waals surface area contributed by atoms with Gasteiger partial charge in [0.1, 0.15) is 5.75 Å². The zero-order valence-corrected chi connectivity index (χ0v) is 19.4. The van der Waals surface area contributed by atoms with E-state index in [4.69, 9.17) is 26.4 Å². The van der Waals surface area contributed by atoms with E-state index in [1.54, 1.807) is 55.8 Å². The van der Waals surface area contributed by atoms with Crippen LogP contribution < -0.4 is 25.0 Å². The van der Waals surface area contributed by atoms with E-state index in [-0.39, 0.29) is 0 Å². The zero-order chi connectivity index (χ0) is 23.6. The van der Waals surface area contributed by atoms with Gasteiger partial charge in [-0.3, -0.25) is 5.43 Å². The molecule has 8 heteroatoms. The minimum atomic E-state index is -0.491. The monoisotopic (exact) mass is 463 g/mol. The number of ether oxygens (including phenoxy) is 3. The lowest BCUT2D eigenvalue weighted by Crippen LogP contribution is -2.23. The Kier molecular flexibility index (Phi) is 8.37. The van der Waals surface area contributed by atoms with Gasteiger partial charge in [0.15, 0.2) is 16.6 Å². The summed E-state index contributed by atoms with van der Waals surface area (Å²) >= 11 is 5.27. The average molecular weight is 464 g/mol. The number of anilines is 1. The number of nitrogens with one attached hydrogen (secondary N) is 2. The third-order valence-electron chi connectivity index (χ3n) is 4.45. The molecule has 7 nitrogen and oxygen atoms in total. The fourth-order valence-corrected chi connectivity index (χ4v) is 3.06. The van der Waals surface area contributed by atoms with Crippen LogP contribution in [0.2, 0.25) is 0 Å². The normalized spacial score (nSPS) is 10.5. The van der Waals surface area contributed by atoms with Crippen molar-refractivity contribution in [1.82, 2.24) is 5.43 Å². The Morgan fingerprint density at radius 3 is 2.55 bits per heavy atom. The molecular formula is C25H25N3O4S. The predicted octanol–water partition coefficient (Wildman–Crippen LogP) is 4.94. The Balaban J connectivity index is 1.64. The first-order chi connectivity index (χ1) is 16.0. The van der Waals surface area contributed by atoms with Crippen LogP contribution in [0.25, 0.3) is 0 Å². The molecule has 0 aromatic heterocycles. The molecule has 3 aromatic carbocycles. The number of benzene rings is 3. The van der Waals surface area contributed by atoms with Crippen LogP contribution in [0.1, 0.15) is 28.4 Å². The summed E-state index contributed by atoms with van der Waals surface area (Å²) in [5, 5.41) is 7.60. The van der Waals surface area contributed by atoms with Gasteiger partial charge in [0.25, 0.3) is 0 Å². The Hall–Kier alpha value is -3.91. The van der Waals surface area contributed by atoms with Crippen LogP contribution in [-0.4, -0.2) is 31.0 Å². The summed E-state index contributed by atoms with van der Waals surface area (Å²) in [5.74, 6) is 0.921. The van der Waals surface area contributed by atoms with Crippen LogP contribution in [0.4, 0.5) is 5.69 Å². The molecule has 0 amide bonds. The zero-order valence-electron chi connectivity index (χ0n) is 18.6. The van der Waals surface area contributed by atoms with E-state index in [0.717, 1.165) is 16.8 Å². The number of esters is 1. The molecule has 0 radical (unpaired) electrons.